The van der Waals surface area contributed by atoms with Crippen LogP contribution in [0.5, 0.6) is 0 Å². The number of para-hydroxylation sites is 2. The molecule has 1 aromatic carbocycles. The third-order valence-electron chi connectivity index (χ3n) is 4.14. The molecular formula is C15H20N2O. The first kappa shape index (κ1) is 11.7. The first-order valence-electron chi connectivity index (χ1n) is 6.91. The predicted molar refractivity (Wildman–Crippen MR) is 72.5 cm³/mol. The Balaban J connectivity index is 1.90. The lowest BCUT2D eigenvalue weighted by atomic mass is 9.80. The number of aryl methyl sites for hydroxylation is 1. The molecule has 1 heterocycles. The van der Waals surface area contributed by atoms with Crippen molar-refractivity contribution in [1.82, 2.24) is 9.55 Å². The van der Waals surface area contributed by atoms with Crippen LogP contribution in [0.4, 0.5) is 0 Å². The maximum atomic E-state index is 10.2. The van der Waals surface area contributed by atoms with Gasteiger partial charge in [-0.2, -0.15) is 0 Å². The molecule has 1 fully saturated rings. The third-order valence-corrected chi connectivity index (χ3v) is 4.14. The van der Waals surface area contributed by atoms with E-state index in [0.29, 0.717) is 12.3 Å². The van der Waals surface area contributed by atoms with Crippen LogP contribution in [-0.2, 0) is 13.0 Å². The van der Waals surface area contributed by atoms with Gasteiger partial charge in [0.15, 0.2) is 0 Å². The number of imidazole rings is 1. The van der Waals surface area contributed by atoms with Gasteiger partial charge in [-0.05, 0) is 37.8 Å². The van der Waals surface area contributed by atoms with E-state index in [0.717, 1.165) is 17.9 Å². The lowest BCUT2D eigenvalue weighted by Gasteiger charge is -2.30. The molecule has 3 rings (SSSR count). The summed E-state index contributed by atoms with van der Waals surface area (Å²) >= 11 is 0. The zero-order valence-corrected chi connectivity index (χ0v) is 10.8. The van der Waals surface area contributed by atoms with Gasteiger partial charge in [0.1, 0.15) is 5.82 Å². The predicted octanol–water partition coefficient (Wildman–Crippen LogP) is 2.76. The Morgan fingerprint density at radius 3 is 2.83 bits per heavy atom. The molecule has 0 radical (unpaired) electrons. The number of rotatable bonds is 4. The van der Waals surface area contributed by atoms with Crippen LogP contribution in [0, 0.1) is 5.92 Å². The van der Waals surface area contributed by atoms with E-state index in [4.69, 9.17) is 0 Å². The van der Waals surface area contributed by atoms with E-state index in [9.17, 15) is 5.11 Å². The molecule has 1 aliphatic carbocycles. The molecule has 1 atom stereocenters. The zero-order chi connectivity index (χ0) is 12.5. The molecule has 18 heavy (non-hydrogen) atoms. The lowest BCUT2D eigenvalue weighted by Crippen LogP contribution is -2.29. The van der Waals surface area contributed by atoms with Crippen LogP contribution in [0.15, 0.2) is 24.3 Å². The third kappa shape index (κ3) is 1.93. The number of benzene rings is 1. The molecule has 1 aromatic heterocycles. The van der Waals surface area contributed by atoms with Gasteiger partial charge in [0.2, 0.25) is 0 Å². The van der Waals surface area contributed by atoms with Gasteiger partial charge in [0.25, 0.3) is 0 Å². The number of hydrogen-bond acceptors (Lipinski definition) is 2. The fraction of sp³-hybridized carbons (Fsp3) is 0.533. The SMILES string of the molecule is CCn1c(CC(O)C2CCC2)nc2ccccc21. The molecule has 3 nitrogen and oxygen atoms in total. The average Bonchev–Trinajstić information content (AvgIpc) is 2.63. The Bertz CT molecular complexity index is 542. The summed E-state index contributed by atoms with van der Waals surface area (Å²) in [5, 5.41) is 10.2. The maximum absolute atomic E-state index is 10.2. The van der Waals surface area contributed by atoms with E-state index in [1.807, 2.05) is 18.2 Å². The van der Waals surface area contributed by atoms with E-state index in [1.165, 1.54) is 24.8 Å². The van der Waals surface area contributed by atoms with E-state index >= 15 is 0 Å². The van der Waals surface area contributed by atoms with Gasteiger partial charge >= 0.3 is 0 Å². The highest BCUT2D eigenvalue weighted by molar-refractivity contribution is 5.75. The Morgan fingerprint density at radius 2 is 2.17 bits per heavy atom. The van der Waals surface area contributed by atoms with E-state index in [2.05, 4.69) is 22.5 Å². The second kappa shape index (κ2) is 4.73. The second-order valence-electron chi connectivity index (χ2n) is 5.22. The summed E-state index contributed by atoms with van der Waals surface area (Å²) in [5.41, 5.74) is 2.21. The molecule has 96 valence electrons. The van der Waals surface area contributed by atoms with Gasteiger partial charge in [0, 0.05) is 13.0 Å². The smallest absolute Gasteiger partial charge is 0.112 e. The van der Waals surface area contributed by atoms with Crippen molar-refractivity contribution in [3.63, 3.8) is 0 Å². The number of nitrogens with zero attached hydrogens (tertiary/aromatic N) is 2. The van der Waals surface area contributed by atoms with Crippen molar-refractivity contribution in [2.24, 2.45) is 5.92 Å². The maximum Gasteiger partial charge on any atom is 0.112 e. The molecule has 1 saturated carbocycles. The standard InChI is InChI=1S/C15H20N2O/c1-2-17-13-9-4-3-8-12(13)16-15(17)10-14(18)11-6-5-7-11/h3-4,8-9,11,14,18H,2,5-7,10H2,1H3. The number of hydrogen-bond donors (Lipinski definition) is 1. The molecule has 1 aliphatic rings. The van der Waals surface area contributed by atoms with Crippen molar-refractivity contribution in [2.75, 3.05) is 0 Å². The Labute approximate surface area is 107 Å². The number of aromatic nitrogens is 2. The molecule has 0 bridgehead atoms. The normalized spacial score (nSPS) is 17.9. The van der Waals surface area contributed by atoms with Crippen molar-refractivity contribution in [3.05, 3.63) is 30.1 Å². The summed E-state index contributed by atoms with van der Waals surface area (Å²) in [6, 6.07) is 8.20. The van der Waals surface area contributed by atoms with Crippen LogP contribution >= 0.6 is 0 Å². The highest BCUT2D eigenvalue weighted by Crippen LogP contribution is 2.31. The number of aliphatic hydroxyl groups is 1. The summed E-state index contributed by atoms with van der Waals surface area (Å²) in [6.07, 6.45) is 4.08. The summed E-state index contributed by atoms with van der Waals surface area (Å²) in [4.78, 5) is 4.67. The van der Waals surface area contributed by atoms with Crippen LogP contribution < -0.4 is 0 Å². The van der Waals surface area contributed by atoms with Crippen LogP contribution in [0.25, 0.3) is 11.0 Å². The van der Waals surface area contributed by atoms with Crippen LogP contribution in [-0.4, -0.2) is 20.8 Å². The molecule has 0 aliphatic heterocycles. The Hall–Kier alpha value is -1.35. The summed E-state index contributed by atoms with van der Waals surface area (Å²) < 4.78 is 2.22. The molecular weight excluding hydrogens is 224 g/mol. The monoisotopic (exact) mass is 244 g/mol. The fourth-order valence-electron chi connectivity index (χ4n) is 2.81. The highest BCUT2D eigenvalue weighted by atomic mass is 16.3. The minimum absolute atomic E-state index is 0.221. The Kier molecular flexibility index (Phi) is 3.08. The average molecular weight is 244 g/mol. The van der Waals surface area contributed by atoms with Crippen molar-refractivity contribution in [2.45, 2.75) is 45.3 Å². The lowest BCUT2D eigenvalue weighted by molar-refractivity contribution is 0.0609. The minimum Gasteiger partial charge on any atom is -0.392 e. The minimum atomic E-state index is -0.221. The largest absolute Gasteiger partial charge is 0.392 e. The molecule has 1 unspecified atom stereocenters. The molecule has 0 spiro atoms. The van der Waals surface area contributed by atoms with E-state index in [1.54, 1.807) is 0 Å². The summed E-state index contributed by atoms with van der Waals surface area (Å²) in [5.74, 6) is 1.52. The summed E-state index contributed by atoms with van der Waals surface area (Å²) in [6.45, 7) is 3.04. The van der Waals surface area contributed by atoms with Gasteiger partial charge in [-0.3, -0.25) is 0 Å². The molecule has 3 heteroatoms. The van der Waals surface area contributed by atoms with Gasteiger partial charge in [-0.25, -0.2) is 4.98 Å². The van der Waals surface area contributed by atoms with Crippen LogP contribution in [0.1, 0.15) is 32.0 Å². The van der Waals surface area contributed by atoms with Gasteiger partial charge in [-0.1, -0.05) is 18.6 Å². The van der Waals surface area contributed by atoms with Crippen molar-refractivity contribution in [1.29, 1.82) is 0 Å². The number of fused-ring (bicyclic) bond motifs is 1. The first-order valence-corrected chi connectivity index (χ1v) is 6.91. The van der Waals surface area contributed by atoms with Crippen molar-refractivity contribution < 1.29 is 5.11 Å². The quantitative estimate of drug-likeness (QED) is 0.898. The Morgan fingerprint density at radius 1 is 1.39 bits per heavy atom. The van der Waals surface area contributed by atoms with E-state index in [-0.39, 0.29) is 6.10 Å². The van der Waals surface area contributed by atoms with Crippen molar-refractivity contribution in [3.8, 4) is 0 Å². The van der Waals surface area contributed by atoms with Crippen LogP contribution in [0.2, 0.25) is 0 Å². The zero-order valence-electron chi connectivity index (χ0n) is 10.8. The molecule has 0 saturated heterocycles. The second-order valence-corrected chi connectivity index (χ2v) is 5.22. The fourth-order valence-corrected chi connectivity index (χ4v) is 2.81. The molecule has 1 N–H and O–H groups in total. The first-order chi connectivity index (χ1) is 8.79. The highest BCUT2D eigenvalue weighted by Gasteiger charge is 2.27. The van der Waals surface area contributed by atoms with E-state index < -0.39 is 0 Å². The van der Waals surface area contributed by atoms with Gasteiger partial charge < -0.3 is 9.67 Å². The molecule has 2 aromatic rings. The van der Waals surface area contributed by atoms with Crippen molar-refractivity contribution >= 4 is 11.0 Å². The summed E-state index contributed by atoms with van der Waals surface area (Å²) in [7, 11) is 0. The molecule has 0 amide bonds. The number of aliphatic hydroxyl groups excluding tert-OH is 1. The van der Waals surface area contributed by atoms with Gasteiger partial charge in [0.05, 0.1) is 17.1 Å². The topological polar surface area (TPSA) is 38.0 Å². The van der Waals surface area contributed by atoms with Gasteiger partial charge in [-0.15, -0.1) is 0 Å². The van der Waals surface area contributed by atoms with Crippen LogP contribution in [0.3, 0.4) is 0 Å².